The number of nitrogens with one attached hydrogen (secondary N) is 1. The highest BCUT2D eigenvalue weighted by Gasteiger charge is 2.07. The van der Waals surface area contributed by atoms with Crippen LogP contribution >= 0.6 is 0 Å². The van der Waals surface area contributed by atoms with Crippen LogP contribution in [-0.2, 0) is 13.0 Å². The Morgan fingerprint density at radius 1 is 1.05 bits per heavy atom. The number of benzene rings is 1. The fourth-order valence-electron chi connectivity index (χ4n) is 2.46. The molecule has 0 atom stereocenters. The molecule has 0 aliphatic rings. The molecular weight excluding hydrogens is 232 g/mol. The second-order valence-electron chi connectivity index (χ2n) is 5.16. The fraction of sp³-hybridized carbons (Fsp3) is 0.235. The van der Waals surface area contributed by atoms with Crippen molar-refractivity contribution < 1.29 is 4.57 Å². The summed E-state index contributed by atoms with van der Waals surface area (Å²) >= 11 is 0. The standard InChI is InChI=1S/C17H19N2/c1-13-7-9-19(12-14(13)2)10-8-15-11-18-17-6-4-3-5-16(15)17/h3-7,9,11-12,18H,8,10H2,1-2H3/q+1. The number of aromatic amines is 1. The quantitative estimate of drug-likeness (QED) is 0.689. The Kier molecular flexibility index (Phi) is 3.08. The molecule has 2 heteroatoms. The average molecular weight is 251 g/mol. The summed E-state index contributed by atoms with van der Waals surface area (Å²) in [6, 6.07) is 10.7. The Labute approximate surface area is 113 Å². The third-order valence-corrected chi connectivity index (χ3v) is 3.81. The van der Waals surface area contributed by atoms with E-state index in [1.807, 2.05) is 0 Å². The second-order valence-corrected chi connectivity index (χ2v) is 5.16. The van der Waals surface area contributed by atoms with Crippen molar-refractivity contribution in [2.75, 3.05) is 0 Å². The van der Waals surface area contributed by atoms with Gasteiger partial charge >= 0.3 is 0 Å². The lowest BCUT2D eigenvalue weighted by atomic mass is 10.1. The van der Waals surface area contributed by atoms with Crippen LogP contribution in [0.1, 0.15) is 16.7 Å². The maximum Gasteiger partial charge on any atom is 0.171 e. The minimum absolute atomic E-state index is 1.02. The SMILES string of the molecule is Cc1cc[n+](CCc2c[nH]c3ccccc23)cc1C. The van der Waals surface area contributed by atoms with Crippen LogP contribution in [0.4, 0.5) is 0 Å². The van der Waals surface area contributed by atoms with Crippen molar-refractivity contribution in [2.45, 2.75) is 26.8 Å². The molecular formula is C17H19N2+. The van der Waals surface area contributed by atoms with E-state index in [-0.39, 0.29) is 0 Å². The Morgan fingerprint density at radius 2 is 1.89 bits per heavy atom. The first-order valence-electron chi connectivity index (χ1n) is 6.75. The second kappa shape index (κ2) is 4.88. The molecule has 0 saturated heterocycles. The summed E-state index contributed by atoms with van der Waals surface area (Å²) in [4.78, 5) is 3.34. The summed E-state index contributed by atoms with van der Waals surface area (Å²) in [7, 11) is 0. The van der Waals surface area contributed by atoms with Crippen LogP contribution in [0.2, 0.25) is 0 Å². The van der Waals surface area contributed by atoms with Gasteiger partial charge in [0, 0.05) is 35.2 Å². The minimum Gasteiger partial charge on any atom is -0.361 e. The molecule has 3 rings (SSSR count). The number of hydrogen-bond donors (Lipinski definition) is 1. The van der Waals surface area contributed by atoms with Gasteiger partial charge in [-0.1, -0.05) is 18.2 Å². The predicted molar refractivity (Wildman–Crippen MR) is 78.1 cm³/mol. The molecule has 2 heterocycles. The molecule has 2 aromatic heterocycles. The van der Waals surface area contributed by atoms with Gasteiger partial charge in [-0.3, -0.25) is 0 Å². The lowest BCUT2D eigenvalue weighted by molar-refractivity contribution is -0.696. The maximum absolute atomic E-state index is 3.34. The smallest absolute Gasteiger partial charge is 0.171 e. The topological polar surface area (TPSA) is 19.7 Å². The number of nitrogens with zero attached hydrogens (tertiary/aromatic N) is 1. The lowest BCUT2D eigenvalue weighted by Crippen LogP contribution is -2.34. The van der Waals surface area contributed by atoms with Crippen LogP contribution in [0, 0.1) is 13.8 Å². The predicted octanol–water partition coefficient (Wildman–Crippen LogP) is 3.31. The van der Waals surface area contributed by atoms with Crippen LogP contribution < -0.4 is 4.57 Å². The van der Waals surface area contributed by atoms with Crippen molar-refractivity contribution in [3.8, 4) is 0 Å². The summed E-state index contributed by atoms with van der Waals surface area (Å²) in [5, 5.41) is 1.34. The van der Waals surface area contributed by atoms with Crippen molar-refractivity contribution in [3.63, 3.8) is 0 Å². The van der Waals surface area contributed by atoms with E-state index in [2.05, 4.69) is 72.3 Å². The van der Waals surface area contributed by atoms with Gasteiger partial charge in [0.15, 0.2) is 18.9 Å². The van der Waals surface area contributed by atoms with Crippen molar-refractivity contribution in [3.05, 3.63) is 65.6 Å². The summed E-state index contributed by atoms with van der Waals surface area (Å²) < 4.78 is 2.27. The maximum atomic E-state index is 3.34. The Morgan fingerprint density at radius 3 is 2.74 bits per heavy atom. The average Bonchev–Trinajstić information content (AvgIpc) is 2.83. The molecule has 19 heavy (non-hydrogen) atoms. The molecule has 0 amide bonds. The first-order chi connectivity index (χ1) is 9.24. The van der Waals surface area contributed by atoms with Crippen LogP contribution in [0.25, 0.3) is 10.9 Å². The van der Waals surface area contributed by atoms with E-state index in [4.69, 9.17) is 0 Å². The molecule has 3 aromatic rings. The molecule has 0 aliphatic carbocycles. The highest BCUT2D eigenvalue weighted by molar-refractivity contribution is 5.82. The number of para-hydroxylation sites is 1. The third kappa shape index (κ3) is 2.39. The van der Waals surface area contributed by atoms with Gasteiger partial charge in [0.25, 0.3) is 0 Å². The van der Waals surface area contributed by atoms with Gasteiger partial charge < -0.3 is 4.98 Å². The van der Waals surface area contributed by atoms with Crippen molar-refractivity contribution in [2.24, 2.45) is 0 Å². The summed E-state index contributed by atoms with van der Waals surface area (Å²) in [6.07, 6.45) is 7.57. The van der Waals surface area contributed by atoms with E-state index in [0.29, 0.717) is 0 Å². The van der Waals surface area contributed by atoms with Gasteiger partial charge in [0.2, 0.25) is 0 Å². The highest BCUT2D eigenvalue weighted by Crippen LogP contribution is 2.17. The van der Waals surface area contributed by atoms with Crippen LogP contribution in [0.5, 0.6) is 0 Å². The number of pyridine rings is 1. The molecule has 1 aromatic carbocycles. The molecule has 0 unspecified atom stereocenters. The van der Waals surface area contributed by atoms with E-state index in [9.17, 15) is 0 Å². The van der Waals surface area contributed by atoms with E-state index < -0.39 is 0 Å². The van der Waals surface area contributed by atoms with Crippen LogP contribution in [0.3, 0.4) is 0 Å². The van der Waals surface area contributed by atoms with Crippen LogP contribution in [0.15, 0.2) is 48.9 Å². The van der Waals surface area contributed by atoms with E-state index >= 15 is 0 Å². The lowest BCUT2D eigenvalue weighted by Gasteiger charge is -2.00. The number of aryl methyl sites for hydroxylation is 4. The van der Waals surface area contributed by atoms with Crippen LogP contribution in [-0.4, -0.2) is 4.98 Å². The monoisotopic (exact) mass is 251 g/mol. The Hall–Kier alpha value is -2.09. The fourth-order valence-corrected chi connectivity index (χ4v) is 2.46. The third-order valence-electron chi connectivity index (χ3n) is 3.81. The van der Waals surface area contributed by atoms with Gasteiger partial charge in [-0.15, -0.1) is 0 Å². The van der Waals surface area contributed by atoms with Gasteiger partial charge in [0.05, 0.1) is 0 Å². The first-order valence-corrected chi connectivity index (χ1v) is 6.75. The van der Waals surface area contributed by atoms with Crippen molar-refractivity contribution in [1.82, 2.24) is 4.98 Å². The van der Waals surface area contributed by atoms with Gasteiger partial charge in [-0.25, -0.2) is 4.57 Å². The molecule has 0 bridgehead atoms. The number of H-pyrrole nitrogens is 1. The van der Waals surface area contributed by atoms with Crippen molar-refractivity contribution in [1.29, 1.82) is 0 Å². The van der Waals surface area contributed by atoms with E-state index in [0.717, 1.165) is 13.0 Å². The summed E-state index contributed by atoms with van der Waals surface area (Å²) in [5.41, 5.74) is 5.31. The molecule has 0 aliphatic heterocycles. The normalized spacial score (nSPS) is 11.1. The minimum atomic E-state index is 1.02. The molecule has 1 N–H and O–H groups in total. The van der Waals surface area contributed by atoms with Gasteiger partial charge in [-0.2, -0.15) is 0 Å². The molecule has 0 saturated carbocycles. The molecule has 96 valence electrons. The number of rotatable bonds is 3. The zero-order chi connectivity index (χ0) is 13.2. The zero-order valence-electron chi connectivity index (χ0n) is 11.5. The van der Waals surface area contributed by atoms with E-state index in [1.165, 1.54) is 27.6 Å². The Bertz CT molecular complexity index is 710. The molecule has 0 radical (unpaired) electrons. The molecule has 0 fully saturated rings. The zero-order valence-corrected chi connectivity index (χ0v) is 11.5. The number of fused-ring (bicyclic) bond motifs is 1. The largest absolute Gasteiger partial charge is 0.361 e. The highest BCUT2D eigenvalue weighted by atomic mass is 14.9. The number of hydrogen-bond acceptors (Lipinski definition) is 0. The van der Waals surface area contributed by atoms with Gasteiger partial charge in [0.1, 0.15) is 0 Å². The molecule has 2 nitrogen and oxygen atoms in total. The number of aromatic nitrogens is 2. The summed E-state index contributed by atoms with van der Waals surface area (Å²) in [6.45, 7) is 5.33. The first kappa shape index (κ1) is 12.0. The van der Waals surface area contributed by atoms with Crippen molar-refractivity contribution >= 4 is 10.9 Å². The Balaban J connectivity index is 1.80. The molecule has 0 spiro atoms. The van der Waals surface area contributed by atoms with Gasteiger partial charge in [-0.05, 0) is 31.0 Å². The van der Waals surface area contributed by atoms with E-state index in [1.54, 1.807) is 0 Å². The summed E-state index contributed by atoms with van der Waals surface area (Å²) in [5.74, 6) is 0.